The molecule has 0 aliphatic rings. The maximum Gasteiger partial charge on any atom is 0.287 e. The van der Waals surface area contributed by atoms with E-state index >= 15 is 0 Å². The van der Waals surface area contributed by atoms with Gasteiger partial charge in [-0.1, -0.05) is 90.5 Å². The quantitative estimate of drug-likeness (QED) is 0.356. The highest BCUT2D eigenvalue weighted by Gasteiger charge is 2.26. The number of hydrogen-bond acceptors (Lipinski definition) is 4. The van der Waals surface area contributed by atoms with Crippen molar-refractivity contribution < 1.29 is 14.4 Å². The van der Waals surface area contributed by atoms with E-state index < -0.39 is 23.6 Å². The van der Waals surface area contributed by atoms with Gasteiger partial charge in [0.25, 0.3) is 11.8 Å². The molecule has 0 saturated heterocycles. The van der Waals surface area contributed by atoms with Gasteiger partial charge in [-0.15, -0.1) is 0 Å². The zero-order valence-electron chi connectivity index (χ0n) is 19.7. The van der Waals surface area contributed by atoms with Gasteiger partial charge in [0.15, 0.2) is 0 Å². The fourth-order valence-electron chi connectivity index (χ4n) is 3.18. The molecule has 0 spiro atoms. The summed E-state index contributed by atoms with van der Waals surface area (Å²) in [6, 6.07) is 23.2. The molecule has 0 bridgehead atoms. The average Bonchev–Trinajstić information content (AvgIpc) is 2.84. The second-order valence-electron chi connectivity index (χ2n) is 7.78. The van der Waals surface area contributed by atoms with Gasteiger partial charge in [-0.2, -0.15) is 0 Å². The van der Waals surface area contributed by atoms with Crippen molar-refractivity contribution in [3.63, 3.8) is 0 Å². The van der Waals surface area contributed by atoms with Crippen molar-refractivity contribution >= 4 is 29.7 Å². The molecule has 1 unspecified atom stereocenters. The van der Waals surface area contributed by atoms with E-state index in [1.54, 1.807) is 12.1 Å². The van der Waals surface area contributed by atoms with Crippen molar-refractivity contribution in [3.8, 4) is 0 Å². The third-order valence-electron chi connectivity index (χ3n) is 4.89. The molecule has 34 heavy (non-hydrogen) atoms. The molecule has 3 aromatic rings. The zero-order valence-corrected chi connectivity index (χ0v) is 19.7. The van der Waals surface area contributed by atoms with Gasteiger partial charge in [-0.05, 0) is 43.8 Å². The van der Waals surface area contributed by atoms with Gasteiger partial charge in [0.05, 0.1) is 0 Å². The molecule has 176 valence electrons. The van der Waals surface area contributed by atoms with Crippen LogP contribution in [0.2, 0.25) is 0 Å². The average molecular weight is 458 g/mol. The van der Waals surface area contributed by atoms with Crippen LogP contribution in [0, 0.1) is 6.92 Å². The van der Waals surface area contributed by atoms with Crippen LogP contribution in [0.4, 0.5) is 0 Å². The lowest BCUT2D eigenvalue weighted by atomic mass is 10.00. The van der Waals surface area contributed by atoms with E-state index in [0.717, 1.165) is 11.1 Å². The molecule has 1 atom stereocenters. The lowest BCUT2D eigenvalue weighted by Gasteiger charge is -2.17. The standard InChI is InChI=1S/C26H24N2O3.C2H7N/c1-18-11-13-19(14-12-18)15-16-21-9-5-6-10-22(21)26(31)28-23(24(29)25(27)30)17-20-7-3-2-4-8-20;1-3-2/h2-16,23H,17H2,1H3,(H2,27,30)(H,28,31);3H,1-2H3. The van der Waals surface area contributed by atoms with E-state index in [2.05, 4.69) is 10.6 Å². The number of ketones is 1. The van der Waals surface area contributed by atoms with E-state index in [9.17, 15) is 14.4 Å². The molecular formula is C28H31N3O3. The van der Waals surface area contributed by atoms with E-state index in [4.69, 9.17) is 5.73 Å². The first-order chi connectivity index (χ1) is 16.3. The third kappa shape index (κ3) is 8.15. The lowest BCUT2D eigenvalue weighted by molar-refractivity contribution is -0.137. The van der Waals surface area contributed by atoms with Crippen LogP contribution in [0.25, 0.3) is 12.2 Å². The number of rotatable bonds is 8. The summed E-state index contributed by atoms with van der Waals surface area (Å²) in [5.41, 5.74) is 9.30. The maximum atomic E-state index is 13.0. The minimum absolute atomic E-state index is 0.176. The van der Waals surface area contributed by atoms with E-state index in [1.807, 2.05) is 99.9 Å². The van der Waals surface area contributed by atoms with Crippen molar-refractivity contribution in [3.05, 3.63) is 107 Å². The molecule has 6 nitrogen and oxygen atoms in total. The molecule has 2 amide bonds. The van der Waals surface area contributed by atoms with E-state index in [0.29, 0.717) is 11.1 Å². The highest BCUT2D eigenvalue weighted by Crippen LogP contribution is 2.15. The number of Topliss-reactive ketones (excluding diaryl/α,β-unsaturated/α-hetero) is 1. The third-order valence-corrected chi connectivity index (χ3v) is 4.89. The molecule has 0 aromatic heterocycles. The molecule has 0 radical (unpaired) electrons. The number of aryl methyl sites for hydroxylation is 1. The van der Waals surface area contributed by atoms with Gasteiger partial charge in [0, 0.05) is 12.0 Å². The first-order valence-electron chi connectivity index (χ1n) is 11.0. The summed E-state index contributed by atoms with van der Waals surface area (Å²) in [5.74, 6) is -2.35. The highest BCUT2D eigenvalue weighted by molar-refractivity contribution is 6.38. The Hall–Kier alpha value is -4.03. The molecule has 3 rings (SSSR count). The van der Waals surface area contributed by atoms with Gasteiger partial charge in [0.1, 0.15) is 6.04 Å². The predicted octanol–water partition coefficient (Wildman–Crippen LogP) is 3.40. The van der Waals surface area contributed by atoms with Crippen molar-refractivity contribution in [2.75, 3.05) is 14.1 Å². The van der Waals surface area contributed by atoms with Crippen LogP contribution >= 0.6 is 0 Å². The number of amides is 2. The number of primary amides is 1. The SMILES string of the molecule is CNC.Cc1ccc(C=Cc2ccccc2C(=O)NC(Cc2ccccc2)C(=O)C(N)=O)cc1. The molecule has 0 saturated carbocycles. The summed E-state index contributed by atoms with van der Waals surface area (Å²) in [4.78, 5) is 36.8. The second kappa shape index (κ2) is 13.5. The van der Waals surface area contributed by atoms with Gasteiger partial charge in [-0.25, -0.2) is 0 Å². The fourth-order valence-corrected chi connectivity index (χ4v) is 3.18. The Morgan fingerprint density at radius 1 is 0.853 bits per heavy atom. The van der Waals surface area contributed by atoms with Gasteiger partial charge < -0.3 is 16.4 Å². The number of carbonyl (C=O) groups is 3. The number of nitrogens with two attached hydrogens (primary N) is 1. The summed E-state index contributed by atoms with van der Waals surface area (Å²) >= 11 is 0. The summed E-state index contributed by atoms with van der Waals surface area (Å²) in [7, 11) is 3.75. The van der Waals surface area contributed by atoms with Crippen molar-refractivity contribution in [2.45, 2.75) is 19.4 Å². The summed E-state index contributed by atoms with van der Waals surface area (Å²) < 4.78 is 0. The second-order valence-corrected chi connectivity index (χ2v) is 7.78. The van der Waals surface area contributed by atoms with Crippen LogP contribution < -0.4 is 16.4 Å². The van der Waals surface area contributed by atoms with Gasteiger partial charge >= 0.3 is 0 Å². The van der Waals surface area contributed by atoms with Crippen molar-refractivity contribution in [1.82, 2.24) is 10.6 Å². The first kappa shape index (κ1) is 26.2. The smallest absolute Gasteiger partial charge is 0.287 e. The minimum atomic E-state index is -1.08. The van der Waals surface area contributed by atoms with Crippen LogP contribution in [0.15, 0.2) is 78.9 Å². The molecule has 4 N–H and O–H groups in total. The van der Waals surface area contributed by atoms with Crippen LogP contribution in [0.1, 0.15) is 32.6 Å². The van der Waals surface area contributed by atoms with Crippen molar-refractivity contribution in [1.29, 1.82) is 0 Å². The Morgan fingerprint density at radius 2 is 1.44 bits per heavy atom. The molecule has 0 fully saturated rings. The molecule has 0 aliphatic heterocycles. The Balaban J connectivity index is 0.00000129. The minimum Gasteiger partial charge on any atom is -0.363 e. The Bertz CT molecular complexity index is 1120. The Morgan fingerprint density at radius 3 is 2.06 bits per heavy atom. The topological polar surface area (TPSA) is 101 Å². The largest absolute Gasteiger partial charge is 0.363 e. The molecular weight excluding hydrogens is 426 g/mol. The fraction of sp³-hybridized carbons (Fsp3) is 0.179. The number of carbonyl (C=O) groups excluding carboxylic acids is 3. The molecule has 0 heterocycles. The number of nitrogens with one attached hydrogen (secondary N) is 2. The van der Waals surface area contributed by atoms with E-state index in [1.165, 1.54) is 5.56 Å². The summed E-state index contributed by atoms with van der Waals surface area (Å²) in [6.45, 7) is 2.02. The van der Waals surface area contributed by atoms with Gasteiger partial charge in [-0.3, -0.25) is 14.4 Å². The maximum absolute atomic E-state index is 13.0. The predicted molar refractivity (Wildman–Crippen MR) is 137 cm³/mol. The zero-order chi connectivity index (χ0) is 24.9. The molecule has 6 heteroatoms. The highest BCUT2D eigenvalue weighted by atomic mass is 16.2. The van der Waals surface area contributed by atoms with Crippen LogP contribution in [-0.4, -0.2) is 37.7 Å². The summed E-state index contributed by atoms with van der Waals surface area (Å²) in [5, 5.41) is 5.44. The number of hydrogen-bond donors (Lipinski definition) is 3. The monoisotopic (exact) mass is 457 g/mol. The molecule has 0 aliphatic carbocycles. The van der Waals surface area contributed by atoms with Crippen LogP contribution in [-0.2, 0) is 16.0 Å². The van der Waals surface area contributed by atoms with Gasteiger partial charge in [0.2, 0.25) is 5.78 Å². The lowest BCUT2D eigenvalue weighted by Crippen LogP contribution is -2.47. The Kier molecular flexibility index (Phi) is 10.4. The van der Waals surface area contributed by atoms with Crippen LogP contribution in [0.3, 0.4) is 0 Å². The summed E-state index contributed by atoms with van der Waals surface area (Å²) in [6.07, 6.45) is 3.94. The van der Waals surface area contributed by atoms with Crippen LogP contribution in [0.5, 0.6) is 0 Å². The van der Waals surface area contributed by atoms with Crippen molar-refractivity contribution in [2.24, 2.45) is 5.73 Å². The normalized spacial score (nSPS) is 11.3. The first-order valence-corrected chi connectivity index (χ1v) is 11.0. The Labute approximate surface area is 200 Å². The molecule has 3 aromatic carbocycles. The number of benzene rings is 3. The van der Waals surface area contributed by atoms with E-state index in [-0.39, 0.29) is 6.42 Å².